The first-order valence-electron chi connectivity index (χ1n) is 5.90. The average molecular weight is 337 g/mol. The van der Waals surface area contributed by atoms with Gasteiger partial charge < -0.3 is 9.15 Å². The van der Waals surface area contributed by atoms with Gasteiger partial charge in [-0.05, 0) is 43.3 Å². The molecule has 0 bridgehead atoms. The van der Waals surface area contributed by atoms with E-state index in [-0.39, 0.29) is 12.5 Å². The molecule has 2 rings (SSSR count). The number of rotatable bonds is 5. The largest absolute Gasteiger partial charge is 0.484 e. The van der Waals surface area contributed by atoms with E-state index in [9.17, 15) is 4.79 Å². The Morgan fingerprint density at radius 3 is 2.75 bits per heavy atom. The number of carbonyl (C=O) groups excluding carboxylic acids is 1. The zero-order chi connectivity index (χ0) is 14.4. The van der Waals surface area contributed by atoms with Gasteiger partial charge in [-0.1, -0.05) is 15.9 Å². The van der Waals surface area contributed by atoms with Crippen LogP contribution in [-0.2, 0) is 4.79 Å². The first-order chi connectivity index (χ1) is 9.65. The van der Waals surface area contributed by atoms with Gasteiger partial charge >= 0.3 is 0 Å². The minimum Gasteiger partial charge on any atom is -0.484 e. The number of nitrogens with zero attached hydrogens (tertiary/aromatic N) is 1. The molecule has 0 aliphatic rings. The van der Waals surface area contributed by atoms with Gasteiger partial charge in [0.1, 0.15) is 17.2 Å². The fourth-order valence-electron chi connectivity index (χ4n) is 1.40. The van der Waals surface area contributed by atoms with Gasteiger partial charge in [0.25, 0.3) is 5.91 Å². The second kappa shape index (κ2) is 6.91. The molecule has 0 aliphatic heterocycles. The normalized spacial score (nSPS) is 11.2. The molecule has 1 heterocycles. The summed E-state index contributed by atoms with van der Waals surface area (Å²) in [4.78, 5) is 11.6. The Labute approximate surface area is 124 Å². The Morgan fingerprint density at radius 1 is 1.35 bits per heavy atom. The van der Waals surface area contributed by atoms with Crippen molar-refractivity contribution in [3.05, 3.63) is 52.9 Å². The molecule has 1 aromatic heterocycles. The number of carbonyl (C=O) groups is 1. The quantitative estimate of drug-likeness (QED) is 0.674. The summed E-state index contributed by atoms with van der Waals surface area (Å²) in [5.41, 5.74) is 3.00. The summed E-state index contributed by atoms with van der Waals surface area (Å²) in [7, 11) is 0. The van der Waals surface area contributed by atoms with Gasteiger partial charge in [-0.15, -0.1) is 0 Å². The van der Waals surface area contributed by atoms with Crippen LogP contribution in [0.15, 0.2) is 56.7 Å². The lowest BCUT2D eigenvalue weighted by atomic mass is 10.3. The second-order valence-corrected chi connectivity index (χ2v) is 4.87. The molecule has 0 aliphatic carbocycles. The van der Waals surface area contributed by atoms with Crippen LogP contribution in [0.3, 0.4) is 0 Å². The van der Waals surface area contributed by atoms with Crippen LogP contribution in [0, 0.1) is 0 Å². The van der Waals surface area contributed by atoms with Crippen molar-refractivity contribution < 1.29 is 13.9 Å². The van der Waals surface area contributed by atoms with Gasteiger partial charge in [-0.25, -0.2) is 5.43 Å². The Bertz CT molecular complexity index is 591. The smallest absolute Gasteiger partial charge is 0.277 e. The fourth-order valence-corrected chi connectivity index (χ4v) is 1.66. The number of furan rings is 1. The lowest BCUT2D eigenvalue weighted by molar-refractivity contribution is -0.123. The molecule has 1 amide bonds. The number of halogens is 1. The number of nitrogens with one attached hydrogen (secondary N) is 1. The minimum atomic E-state index is -0.334. The third-order valence-electron chi connectivity index (χ3n) is 2.41. The van der Waals surface area contributed by atoms with Crippen molar-refractivity contribution in [2.75, 3.05) is 6.61 Å². The summed E-state index contributed by atoms with van der Waals surface area (Å²) in [5.74, 6) is 0.896. The predicted octanol–water partition coefficient (Wildman–Crippen LogP) is 2.96. The molecule has 5 nitrogen and oxygen atoms in total. The molecular formula is C14H13BrN2O3. The van der Waals surface area contributed by atoms with Crippen LogP contribution < -0.4 is 10.2 Å². The van der Waals surface area contributed by atoms with Crippen LogP contribution in [0.1, 0.15) is 12.7 Å². The second-order valence-electron chi connectivity index (χ2n) is 3.95. The molecule has 20 heavy (non-hydrogen) atoms. The molecule has 1 aromatic carbocycles. The van der Waals surface area contributed by atoms with Crippen LogP contribution in [-0.4, -0.2) is 18.2 Å². The Hall–Kier alpha value is -2.08. The fraction of sp³-hybridized carbons (Fsp3) is 0.143. The highest BCUT2D eigenvalue weighted by Gasteiger charge is 2.04. The van der Waals surface area contributed by atoms with Gasteiger partial charge in [0, 0.05) is 4.47 Å². The SMILES string of the molecule is CC(=NNC(=O)COc1ccc(Br)cc1)c1ccco1. The van der Waals surface area contributed by atoms with Crippen LogP contribution in [0.2, 0.25) is 0 Å². The number of hydrogen-bond donors (Lipinski definition) is 1. The molecule has 0 unspecified atom stereocenters. The van der Waals surface area contributed by atoms with Crippen molar-refractivity contribution in [3.8, 4) is 5.75 Å². The van der Waals surface area contributed by atoms with Crippen molar-refractivity contribution in [3.63, 3.8) is 0 Å². The lowest BCUT2D eigenvalue weighted by Crippen LogP contribution is -2.25. The highest BCUT2D eigenvalue weighted by atomic mass is 79.9. The molecule has 0 saturated carbocycles. The number of amides is 1. The number of hydrogen-bond acceptors (Lipinski definition) is 4. The summed E-state index contributed by atoms with van der Waals surface area (Å²) in [5, 5.41) is 3.93. The highest BCUT2D eigenvalue weighted by molar-refractivity contribution is 9.10. The van der Waals surface area contributed by atoms with Gasteiger partial charge in [0.15, 0.2) is 6.61 Å². The van der Waals surface area contributed by atoms with Crippen molar-refractivity contribution in [2.45, 2.75) is 6.92 Å². The van der Waals surface area contributed by atoms with Gasteiger partial charge in [0.05, 0.1) is 6.26 Å². The van der Waals surface area contributed by atoms with Crippen LogP contribution in [0.4, 0.5) is 0 Å². The van der Waals surface area contributed by atoms with Crippen molar-refractivity contribution in [1.82, 2.24) is 5.43 Å². The molecule has 2 aromatic rings. The summed E-state index contributed by atoms with van der Waals surface area (Å²) < 4.78 is 11.4. The maximum absolute atomic E-state index is 11.6. The van der Waals surface area contributed by atoms with Gasteiger partial charge in [0.2, 0.25) is 0 Å². The van der Waals surface area contributed by atoms with Crippen LogP contribution in [0.25, 0.3) is 0 Å². The summed E-state index contributed by atoms with van der Waals surface area (Å²) in [6, 6.07) is 10.7. The molecule has 0 fully saturated rings. The minimum absolute atomic E-state index is 0.101. The van der Waals surface area contributed by atoms with E-state index < -0.39 is 0 Å². The van der Waals surface area contributed by atoms with E-state index in [4.69, 9.17) is 9.15 Å². The average Bonchev–Trinajstić information content (AvgIpc) is 2.98. The standard InChI is InChI=1S/C14H13BrN2O3/c1-10(13-3-2-8-19-13)16-17-14(18)9-20-12-6-4-11(15)5-7-12/h2-8H,9H2,1H3,(H,17,18). The van der Waals surface area contributed by atoms with E-state index in [1.807, 2.05) is 12.1 Å². The molecule has 6 heteroatoms. The summed E-state index contributed by atoms with van der Waals surface area (Å²) in [6.07, 6.45) is 1.55. The zero-order valence-electron chi connectivity index (χ0n) is 10.8. The number of ether oxygens (including phenoxy) is 1. The molecule has 104 valence electrons. The third kappa shape index (κ3) is 4.24. The van der Waals surface area contributed by atoms with Crippen molar-refractivity contribution in [2.24, 2.45) is 5.10 Å². The molecular weight excluding hydrogens is 324 g/mol. The maximum atomic E-state index is 11.6. The zero-order valence-corrected chi connectivity index (χ0v) is 12.4. The topological polar surface area (TPSA) is 63.8 Å². The van der Waals surface area contributed by atoms with E-state index >= 15 is 0 Å². The lowest BCUT2D eigenvalue weighted by Gasteiger charge is -2.05. The Morgan fingerprint density at radius 2 is 2.10 bits per heavy atom. The molecule has 0 spiro atoms. The predicted molar refractivity (Wildman–Crippen MR) is 78.7 cm³/mol. The summed E-state index contributed by atoms with van der Waals surface area (Å²) >= 11 is 3.32. The van der Waals surface area contributed by atoms with Crippen molar-refractivity contribution in [1.29, 1.82) is 0 Å². The number of hydrazone groups is 1. The van der Waals surface area contributed by atoms with E-state index in [0.717, 1.165) is 4.47 Å². The van der Waals surface area contributed by atoms with E-state index in [1.165, 1.54) is 0 Å². The number of benzene rings is 1. The van der Waals surface area contributed by atoms with E-state index in [2.05, 4.69) is 26.5 Å². The third-order valence-corrected chi connectivity index (χ3v) is 2.94. The van der Waals surface area contributed by atoms with Crippen LogP contribution >= 0.6 is 15.9 Å². The highest BCUT2D eigenvalue weighted by Crippen LogP contribution is 2.15. The molecule has 0 saturated heterocycles. The molecule has 0 radical (unpaired) electrons. The Balaban J connectivity index is 1.81. The van der Waals surface area contributed by atoms with Crippen molar-refractivity contribution >= 4 is 27.5 Å². The van der Waals surface area contributed by atoms with E-state index in [0.29, 0.717) is 17.2 Å². The molecule has 1 N–H and O–H groups in total. The van der Waals surface area contributed by atoms with Gasteiger partial charge in [-0.3, -0.25) is 4.79 Å². The Kier molecular flexibility index (Phi) is 4.95. The molecule has 0 atom stereocenters. The monoisotopic (exact) mass is 336 g/mol. The van der Waals surface area contributed by atoms with E-state index in [1.54, 1.807) is 37.5 Å². The first-order valence-corrected chi connectivity index (χ1v) is 6.70. The summed E-state index contributed by atoms with van der Waals surface area (Å²) in [6.45, 7) is 1.64. The van der Waals surface area contributed by atoms with Gasteiger partial charge in [-0.2, -0.15) is 5.10 Å². The van der Waals surface area contributed by atoms with Crippen LogP contribution in [0.5, 0.6) is 5.75 Å². The maximum Gasteiger partial charge on any atom is 0.277 e. The first kappa shape index (κ1) is 14.3.